The molecule has 1 aliphatic heterocycles. The molecule has 30 heavy (non-hydrogen) atoms. The average Bonchev–Trinajstić information content (AvgIpc) is 3.36. The molecular weight excluding hydrogens is 382 g/mol. The standard InChI is InChI=1S/C22H27N5O3/c1-3-30-22(28)20-16-27(24-21(20)25-8-10-29-11-9-25)15-19-6-4-18(5-7-19)14-26-13-17(2)12-23-26/h4-7,12-13,16H,3,8-11,14-15H2,1-2H3. The van der Waals surface area contributed by atoms with Gasteiger partial charge in [-0.2, -0.15) is 10.2 Å². The summed E-state index contributed by atoms with van der Waals surface area (Å²) in [5.41, 5.74) is 3.95. The number of morpholine rings is 1. The summed E-state index contributed by atoms with van der Waals surface area (Å²) in [5.74, 6) is 0.331. The van der Waals surface area contributed by atoms with Crippen LogP contribution >= 0.6 is 0 Å². The zero-order valence-electron chi connectivity index (χ0n) is 17.5. The Labute approximate surface area is 176 Å². The van der Waals surface area contributed by atoms with Crippen molar-refractivity contribution in [3.05, 3.63) is 65.1 Å². The fourth-order valence-electron chi connectivity index (χ4n) is 3.53. The molecule has 4 rings (SSSR count). The lowest BCUT2D eigenvalue weighted by Crippen LogP contribution is -2.37. The van der Waals surface area contributed by atoms with Gasteiger partial charge in [0, 0.05) is 25.5 Å². The minimum Gasteiger partial charge on any atom is -0.462 e. The van der Waals surface area contributed by atoms with Gasteiger partial charge in [-0.1, -0.05) is 24.3 Å². The largest absolute Gasteiger partial charge is 0.462 e. The number of rotatable bonds is 7. The van der Waals surface area contributed by atoms with Gasteiger partial charge in [-0.15, -0.1) is 0 Å². The number of aromatic nitrogens is 4. The van der Waals surface area contributed by atoms with Crippen LogP contribution in [0.5, 0.6) is 0 Å². The van der Waals surface area contributed by atoms with Gasteiger partial charge in [0.05, 0.1) is 39.1 Å². The van der Waals surface area contributed by atoms with Gasteiger partial charge in [-0.05, 0) is 30.5 Å². The fourth-order valence-corrected chi connectivity index (χ4v) is 3.53. The van der Waals surface area contributed by atoms with Crippen molar-refractivity contribution >= 4 is 11.8 Å². The Kier molecular flexibility index (Phi) is 6.13. The van der Waals surface area contributed by atoms with Crippen molar-refractivity contribution in [3.8, 4) is 0 Å². The monoisotopic (exact) mass is 409 g/mol. The van der Waals surface area contributed by atoms with E-state index in [2.05, 4.69) is 34.3 Å². The first-order chi connectivity index (χ1) is 14.6. The highest BCUT2D eigenvalue weighted by Crippen LogP contribution is 2.21. The van der Waals surface area contributed by atoms with Gasteiger partial charge in [0.25, 0.3) is 0 Å². The minimum absolute atomic E-state index is 0.337. The predicted molar refractivity (Wildman–Crippen MR) is 113 cm³/mol. The molecule has 0 radical (unpaired) electrons. The van der Waals surface area contributed by atoms with Crippen molar-refractivity contribution in [2.45, 2.75) is 26.9 Å². The number of nitrogens with zero attached hydrogens (tertiary/aromatic N) is 5. The first-order valence-electron chi connectivity index (χ1n) is 10.3. The molecule has 158 valence electrons. The van der Waals surface area contributed by atoms with Gasteiger partial charge >= 0.3 is 5.97 Å². The van der Waals surface area contributed by atoms with Gasteiger partial charge in [0.2, 0.25) is 0 Å². The Hall–Kier alpha value is -3.13. The molecule has 0 amide bonds. The minimum atomic E-state index is -0.338. The highest BCUT2D eigenvalue weighted by molar-refractivity contribution is 5.94. The third kappa shape index (κ3) is 4.71. The fraction of sp³-hybridized carbons (Fsp3) is 0.409. The maximum absolute atomic E-state index is 12.5. The van der Waals surface area contributed by atoms with Gasteiger partial charge in [0.15, 0.2) is 5.82 Å². The van der Waals surface area contributed by atoms with Crippen LogP contribution < -0.4 is 4.90 Å². The number of esters is 1. The highest BCUT2D eigenvalue weighted by atomic mass is 16.5. The van der Waals surface area contributed by atoms with Gasteiger partial charge in [-0.3, -0.25) is 9.36 Å². The Morgan fingerprint density at radius 3 is 2.33 bits per heavy atom. The van der Waals surface area contributed by atoms with E-state index in [9.17, 15) is 4.79 Å². The molecule has 8 heteroatoms. The third-order valence-electron chi connectivity index (χ3n) is 5.02. The second-order valence-corrected chi connectivity index (χ2v) is 7.42. The maximum Gasteiger partial charge on any atom is 0.343 e. The molecule has 3 aromatic rings. The van der Waals surface area contributed by atoms with Gasteiger partial charge in [0.1, 0.15) is 5.56 Å². The molecule has 1 fully saturated rings. The lowest BCUT2D eigenvalue weighted by Gasteiger charge is -2.27. The van der Waals surface area contributed by atoms with Crippen LogP contribution in [0.3, 0.4) is 0 Å². The lowest BCUT2D eigenvalue weighted by atomic mass is 10.1. The van der Waals surface area contributed by atoms with E-state index in [-0.39, 0.29) is 5.97 Å². The van der Waals surface area contributed by atoms with E-state index in [4.69, 9.17) is 14.6 Å². The summed E-state index contributed by atoms with van der Waals surface area (Å²) in [6.45, 7) is 8.19. The van der Waals surface area contributed by atoms with E-state index in [1.165, 1.54) is 5.56 Å². The van der Waals surface area contributed by atoms with Gasteiger partial charge < -0.3 is 14.4 Å². The molecule has 8 nitrogen and oxygen atoms in total. The quantitative estimate of drug-likeness (QED) is 0.558. The van der Waals surface area contributed by atoms with Crippen LogP contribution in [0, 0.1) is 6.92 Å². The second kappa shape index (κ2) is 9.13. The number of hydrogen-bond donors (Lipinski definition) is 0. The van der Waals surface area contributed by atoms with Gasteiger partial charge in [-0.25, -0.2) is 4.79 Å². The Balaban J connectivity index is 1.49. The zero-order valence-corrected chi connectivity index (χ0v) is 17.5. The van der Waals surface area contributed by atoms with Crippen molar-refractivity contribution in [2.24, 2.45) is 0 Å². The summed E-state index contributed by atoms with van der Waals surface area (Å²) in [7, 11) is 0. The van der Waals surface area contributed by atoms with Crippen molar-refractivity contribution in [3.63, 3.8) is 0 Å². The van der Waals surface area contributed by atoms with Crippen molar-refractivity contribution in [2.75, 3.05) is 37.8 Å². The number of ether oxygens (including phenoxy) is 2. The molecule has 0 unspecified atom stereocenters. The molecule has 0 aliphatic carbocycles. The molecule has 0 spiro atoms. The predicted octanol–water partition coefficient (Wildman–Crippen LogP) is 2.50. The number of carbonyl (C=O) groups is 1. The van der Waals surface area contributed by atoms with E-state index >= 15 is 0 Å². The first-order valence-corrected chi connectivity index (χ1v) is 10.3. The zero-order chi connectivity index (χ0) is 20.9. The molecule has 0 N–H and O–H groups in total. The molecule has 0 bridgehead atoms. The second-order valence-electron chi connectivity index (χ2n) is 7.42. The molecule has 1 saturated heterocycles. The van der Waals surface area contributed by atoms with Crippen molar-refractivity contribution in [1.29, 1.82) is 0 Å². The number of aryl methyl sites for hydroxylation is 1. The topological polar surface area (TPSA) is 74.4 Å². The summed E-state index contributed by atoms with van der Waals surface area (Å²) in [4.78, 5) is 14.5. The summed E-state index contributed by atoms with van der Waals surface area (Å²) in [6.07, 6.45) is 5.67. The van der Waals surface area contributed by atoms with Crippen LogP contribution in [0.15, 0.2) is 42.9 Å². The van der Waals surface area contributed by atoms with Crippen molar-refractivity contribution < 1.29 is 14.3 Å². The highest BCUT2D eigenvalue weighted by Gasteiger charge is 2.24. The molecule has 1 aromatic carbocycles. The van der Waals surface area contributed by atoms with E-state index in [0.717, 1.165) is 17.7 Å². The lowest BCUT2D eigenvalue weighted by molar-refractivity contribution is 0.0526. The van der Waals surface area contributed by atoms with Crippen LogP contribution in [0.4, 0.5) is 5.82 Å². The molecule has 0 atom stereocenters. The smallest absolute Gasteiger partial charge is 0.343 e. The normalized spacial score (nSPS) is 14.1. The average molecular weight is 409 g/mol. The van der Waals surface area contributed by atoms with Crippen LogP contribution in [-0.4, -0.2) is 58.4 Å². The Morgan fingerprint density at radius 1 is 1.07 bits per heavy atom. The Morgan fingerprint density at radius 2 is 1.73 bits per heavy atom. The number of hydrogen-bond acceptors (Lipinski definition) is 6. The molecule has 0 saturated carbocycles. The molecule has 3 heterocycles. The summed E-state index contributed by atoms with van der Waals surface area (Å²) >= 11 is 0. The molecule has 1 aliphatic rings. The van der Waals surface area contributed by atoms with E-state index in [1.807, 2.05) is 35.6 Å². The van der Waals surface area contributed by atoms with Crippen LogP contribution in [-0.2, 0) is 22.6 Å². The van der Waals surface area contributed by atoms with E-state index in [1.54, 1.807) is 6.20 Å². The molecular formula is C22H27N5O3. The van der Waals surface area contributed by atoms with Crippen LogP contribution in [0.2, 0.25) is 0 Å². The summed E-state index contributed by atoms with van der Waals surface area (Å²) in [5, 5.41) is 9.03. The third-order valence-corrected chi connectivity index (χ3v) is 5.02. The SMILES string of the molecule is CCOC(=O)c1cn(Cc2ccc(Cn3cc(C)cn3)cc2)nc1N1CCOCC1. The summed E-state index contributed by atoms with van der Waals surface area (Å²) in [6, 6.07) is 8.38. The van der Waals surface area contributed by atoms with Crippen LogP contribution in [0.25, 0.3) is 0 Å². The van der Waals surface area contributed by atoms with E-state index in [0.29, 0.717) is 50.8 Å². The first kappa shape index (κ1) is 20.2. The number of benzene rings is 1. The number of anilines is 1. The molecule has 2 aromatic heterocycles. The van der Waals surface area contributed by atoms with Crippen LogP contribution in [0.1, 0.15) is 34.0 Å². The number of carbonyl (C=O) groups excluding carboxylic acids is 1. The summed E-state index contributed by atoms with van der Waals surface area (Å²) < 4.78 is 14.4. The van der Waals surface area contributed by atoms with E-state index < -0.39 is 0 Å². The maximum atomic E-state index is 12.5. The van der Waals surface area contributed by atoms with Crippen molar-refractivity contribution in [1.82, 2.24) is 19.6 Å². The Bertz CT molecular complexity index is 987.